The summed E-state index contributed by atoms with van der Waals surface area (Å²) in [6.45, 7) is 1.89. The normalized spacial score (nSPS) is 12.5. The molecular weight excluding hydrogens is 224 g/mol. The van der Waals surface area contributed by atoms with Crippen molar-refractivity contribution in [3.63, 3.8) is 0 Å². The summed E-state index contributed by atoms with van der Waals surface area (Å²) in [5.41, 5.74) is 0.542. The first kappa shape index (κ1) is 11.2. The monoisotopic (exact) mass is 236 g/mol. The van der Waals surface area contributed by atoms with Gasteiger partial charge in [0.25, 0.3) is 0 Å². The molecule has 0 saturated heterocycles. The second-order valence-corrected chi connectivity index (χ2v) is 3.72. The number of nitrogens with one attached hydrogen (secondary N) is 1. The van der Waals surface area contributed by atoms with E-state index < -0.39 is 5.97 Å². The minimum absolute atomic E-state index is 0.00250. The highest BCUT2D eigenvalue weighted by atomic mass is 16.4. The Labute approximate surface area is 96.7 Å². The fourth-order valence-corrected chi connectivity index (χ4v) is 1.44. The molecule has 0 fully saturated rings. The Kier molecular flexibility index (Phi) is 3.12. The fourth-order valence-electron chi connectivity index (χ4n) is 1.44. The van der Waals surface area contributed by atoms with Gasteiger partial charge in [0.05, 0.1) is 12.4 Å². The third-order valence-electron chi connectivity index (χ3n) is 2.29. The molecule has 2 rings (SSSR count). The van der Waals surface area contributed by atoms with Crippen molar-refractivity contribution in [3.05, 3.63) is 12.4 Å². The van der Waals surface area contributed by atoms with Gasteiger partial charge in [-0.15, -0.1) is 5.10 Å². The van der Waals surface area contributed by atoms with Gasteiger partial charge in [-0.25, -0.2) is 0 Å². The summed E-state index contributed by atoms with van der Waals surface area (Å²) in [4.78, 5) is 14.4. The van der Waals surface area contributed by atoms with Crippen molar-refractivity contribution in [1.29, 1.82) is 0 Å². The topological polar surface area (TPSA) is 105 Å². The second kappa shape index (κ2) is 4.73. The van der Waals surface area contributed by atoms with Crippen LogP contribution < -0.4 is 5.32 Å². The van der Waals surface area contributed by atoms with E-state index >= 15 is 0 Å². The molecule has 90 valence electrons. The van der Waals surface area contributed by atoms with Crippen LogP contribution in [0.5, 0.6) is 0 Å². The van der Waals surface area contributed by atoms with Crippen molar-refractivity contribution in [3.8, 4) is 0 Å². The van der Waals surface area contributed by atoms with E-state index in [1.807, 2.05) is 6.92 Å². The molecule has 0 aliphatic carbocycles. The highest BCUT2D eigenvalue weighted by Gasteiger charge is 2.09. The molecule has 0 aliphatic rings. The Morgan fingerprint density at radius 1 is 1.59 bits per heavy atom. The molecule has 0 bridgehead atoms. The first-order valence-corrected chi connectivity index (χ1v) is 5.17. The number of carboxylic acid groups (broad SMARTS) is 1. The van der Waals surface area contributed by atoms with Crippen LogP contribution in [0.1, 0.15) is 19.8 Å². The number of hydrogen-bond acceptors (Lipinski definition) is 6. The summed E-state index contributed by atoms with van der Waals surface area (Å²) in [5, 5.41) is 22.8. The molecule has 1 unspecified atom stereocenters. The van der Waals surface area contributed by atoms with Crippen LogP contribution >= 0.6 is 0 Å². The van der Waals surface area contributed by atoms with Crippen molar-refractivity contribution in [1.82, 2.24) is 25.0 Å². The minimum atomic E-state index is -0.808. The molecule has 0 spiro atoms. The van der Waals surface area contributed by atoms with Gasteiger partial charge in [-0.2, -0.15) is 4.52 Å². The number of fused-ring (bicyclic) bond motifs is 1. The lowest BCUT2D eigenvalue weighted by atomic mass is 10.2. The highest BCUT2D eigenvalue weighted by Crippen LogP contribution is 2.09. The lowest BCUT2D eigenvalue weighted by Crippen LogP contribution is -2.19. The van der Waals surface area contributed by atoms with Crippen LogP contribution in [0.2, 0.25) is 0 Å². The second-order valence-electron chi connectivity index (χ2n) is 3.72. The van der Waals surface area contributed by atoms with E-state index in [1.165, 1.54) is 4.52 Å². The number of anilines is 1. The zero-order valence-corrected chi connectivity index (χ0v) is 9.24. The summed E-state index contributed by atoms with van der Waals surface area (Å²) >= 11 is 0. The minimum Gasteiger partial charge on any atom is -0.481 e. The van der Waals surface area contributed by atoms with Crippen LogP contribution in [-0.4, -0.2) is 42.1 Å². The van der Waals surface area contributed by atoms with Gasteiger partial charge < -0.3 is 10.4 Å². The Hall–Kier alpha value is -2.25. The molecule has 1 atom stereocenters. The third kappa shape index (κ3) is 2.65. The zero-order valence-electron chi connectivity index (χ0n) is 9.24. The maximum atomic E-state index is 10.4. The number of carbonyl (C=O) groups is 1. The van der Waals surface area contributed by atoms with Crippen LogP contribution in [0.4, 0.5) is 5.82 Å². The first-order valence-electron chi connectivity index (χ1n) is 5.17. The van der Waals surface area contributed by atoms with Crippen LogP contribution in [0.15, 0.2) is 12.4 Å². The molecule has 0 radical (unpaired) electrons. The van der Waals surface area contributed by atoms with Gasteiger partial charge in [-0.1, -0.05) is 0 Å². The van der Waals surface area contributed by atoms with E-state index in [1.54, 1.807) is 12.4 Å². The molecule has 2 aromatic rings. The van der Waals surface area contributed by atoms with Crippen LogP contribution in [0.25, 0.3) is 5.65 Å². The van der Waals surface area contributed by atoms with Crippen molar-refractivity contribution in [2.24, 2.45) is 0 Å². The average molecular weight is 236 g/mol. The zero-order chi connectivity index (χ0) is 12.3. The SMILES string of the molecule is CC(CCC(=O)O)Nc1cncc2nnnn12. The number of tetrazole rings is 1. The Balaban J connectivity index is 2.07. The molecule has 0 aliphatic heterocycles. The number of aromatic nitrogens is 5. The largest absolute Gasteiger partial charge is 0.481 e. The average Bonchev–Trinajstić information content (AvgIpc) is 2.75. The van der Waals surface area contributed by atoms with Crippen molar-refractivity contribution >= 4 is 17.4 Å². The first-order chi connectivity index (χ1) is 8.16. The summed E-state index contributed by atoms with van der Waals surface area (Å²) in [5.74, 6) is -0.164. The van der Waals surface area contributed by atoms with Crippen molar-refractivity contribution in [2.75, 3.05) is 5.32 Å². The van der Waals surface area contributed by atoms with Gasteiger partial charge in [-0.3, -0.25) is 9.78 Å². The maximum absolute atomic E-state index is 10.4. The van der Waals surface area contributed by atoms with E-state index in [4.69, 9.17) is 5.11 Å². The lowest BCUT2D eigenvalue weighted by molar-refractivity contribution is -0.137. The van der Waals surface area contributed by atoms with E-state index in [0.29, 0.717) is 17.9 Å². The molecule has 0 aromatic carbocycles. The summed E-state index contributed by atoms with van der Waals surface area (Å²) in [6.07, 6.45) is 3.79. The van der Waals surface area contributed by atoms with Gasteiger partial charge >= 0.3 is 5.97 Å². The van der Waals surface area contributed by atoms with Gasteiger partial charge in [0.2, 0.25) is 0 Å². The molecule has 0 saturated carbocycles. The smallest absolute Gasteiger partial charge is 0.303 e. The van der Waals surface area contributed by atoms with Crippen LogP contribution in [-0.2, 0) is 4.79 Å². The van der Waals surface area contributed by atoms with Crippen molar-refractivity contribution in [2.45, 2.75) is 25.8 Å². The Morgan fingerprint density at radius 3 is 3.18 bits per heavy atom. The van der Waals surface area contributed by atoms with Gasteiger partial charge in [0.15, 0.2) is 11.5 Å². The maximum Gasteiger partial charge on any atom is 0.303 e. The van der Waals surface area contributed by atoms with Crippen LogP contribution in [0.3, 0.4) is 0 Å². The quantitative estimate of drug-likeness (QED) is 0.762. The highest BCUT2D eigenvalue weighted by molar-refractivity contribution is 5.66. The third-order valence-corrected chi connectivity index (χ3v) is 2.29. The predicted octanol–water partition coefficient (Wildman–Crippen LogP) is 0.184. The number of carboxylic acids is 1. The molecule has 17 heavy (non-hydrogen) atoms. The summed E-state index contributed by atoms with van der Waals surface area (Å²) in [7, 11) is 0. The number of hydrogen-bond donors (Lipinski definition) is 2. The predicted molar refractivity (Wildman–Crippen MR) is 58.5 cm³/mol. The molecule has 8 heteroatoms. The molecule has 8 nitrogen and oxygen atoms in total. The lowest BCUT2D eigenvalue weighted by Gasteiger charge is -2.13. The van der Waals surface area contributed by atoms with Gasteiger partial charge in [0, 0.05) is 12.5 Å². The van der Waals surface area contributed by atoms with Crippen molar-refractivity contribution < 1.29 is 9.90 Å². The van der Waals surface area contributed by atoms with E-state index in [-0.39, 0.29) is 12.5 Å². The van der Waals surface area contributed by atoms with E-state index in [2.05, 4.69) is 25.8 Å². The number of nitrogens with zero attached hydrogens (tertiary/aromatic N) is 5. The standard InChI is InChI=1S/C9H12N6O2/c1-6(2-3-9(16)17)11-7-4-10-5-8-12-13-14-15(7)8/h4-6,11H,2-3H2,1H3,(H,16,17). The van der Waals surface area contributed by atoms with Gasteiger partial charge in [0.1, 0.15) is 0 Å². The Bertz CT molecular complexity index is 525. The molecule has 2 aromatic heterocycles. The van der Waals surface area contributed by atoms with E-state index in [9.17, 15) is 4.79 Å². The summed E-state index contributed by atoms with van der Waals surface area (Å²) in [6, 6.07) is 0.00250. The number of rotatable bonds is 5. The summed E-state index contributed by atoms with van der Waals surface area (Å²) < 4.78 is 1.52. The number of aliphatic carboxylic acids is 1. The van der Waals surface area contributed by atoms with Gasteiger partial charge in [-0.05, 0) is 23.8 Å². The molecule has 0 amide bonds. The van der Waals surface area contributed by atoms with E-state index in [0.717, 1.165) is 0 Å². The molecular formula is C9H12N6O2. The fraction of sp³-hybridized carbons (Fsp3) is 0.444. The van der Waals surface area contributed by atoms with Crippen LogP contribution in [0, 0.1) is 0 Å². The Morgan fingerprint density at radius 2 is 2.41 bits per heavy atom. The molecule has 2 N–H and O–H groups in total. The molecule has 2 heterocycles.